The highest BCUT2D eigenvalue weighted by molar-refractivity contribution is 6.46. The zero-order valence-electron chi connectivity index (χ0n) is 8.20. The predicted octanol–water partition coefficient (Wildman–Crippen LogP) is -0.417. The van der Waals surface area contributed by atoms with E-state index in [-0.39, 0.29) is 15.3 Å². The second-order valence-electron chi connectivity index (χ2n) is 2.55. The van der Waals surface area contributed by atoms with Crippen LogP contribution in [-0.2, 0) is 0 Å². The van der Waals surface area contributed by atoms with Crippen molar-refractivity contribution in [2.24, 2.45) is 0 Å². The van der Waals surface area contributed by atoms with Gasteiger partial charge < -0.3 is 0 Å². The summed E-state index contributed by atoms with van der Waals surface area (Å²) in [6, 6.07) is 0. The summed E-state index contributed by atoms with van der Waals surface area (Å²) < 4.78 is 0. The highest BCUT2D eigenvalue weighted by Gasteiger charge is 2.03. The van der Waals surface area contributed by atoms with Gasteiger partial charge in [0.05, 0.1) is 0 Å². The summed E-state index contributed by atoms with van der Waals surface area (Å²) in [5, 5.41) is 10.1. The second kappa shape index (κ2) is 6.28. The Kier molecular flexibility index (Phi) is 5.01. The van der Waals surface area contributed by atoms with E-state index >= 15 is 0 Å². The maximum atomic E-state index is 10.2. The molecule has 0 bridgehead atoms. The molecule has 3 N–H and O–H groups in total. The molecule has 0 radical (unpaired) electrons. The molecule has 0 aliphatic heterocycles. The molecule has 0 saturated heterocycles. The van der Waals surface area contributed by atoms with Crippen molar-refractivity contribution >= 4 is 34.8 Å². The fraction of sp³-hybridized carbons (Fsp3) is 0. The van der Waals surface area contributed by atoms with Gasteiger partial charge in [0.2, 0.25) is 0 Å². The highest BCUT2D eigenvalue weighted by Crippen LogP contribution is 2.23. The van der Waals surface area contributed by atoms with E-state index in [4.69, 9.17) is 34.8 Å². The molecular formula is C6H3Cl3N6O3. The molecule has 96 valence electrons. The van der Waals surface area contributed by atoms with E-state index in [0.29, 0.717) is 0 Å². The fourth-order valence-electron chi connectivity index (χ4n) is 0.677. The summed E-state index contributed by atoms with van der Waals surface area (Å²) in [5.74, 6) is 0. The van der Waals surface area contributed by atoms with Gasteiger partial charge in [-0.1, -0.05) is 34.8 Å². The van der Waals surface area contributed by atoms with Crippen LogP contribution >= 0.6 is 34.8 Å². The summed E-state index contributed by atoms with van der Waals surface area (Å²) >= 11 is 16.2. The van der Waals surface area contributed by atoms with Crippen LogP contribution in [0.25, 0.3) is 0 Å². The maximum Gasteiger partial charge on any atom is 0.330 e. The van der Waals surface area contributed by atoms with Crippen LogP contribution in [0, 0.1) is 0 Å². The minimum absolute atomic E-state index is 0.0664. The Morgan fingerprint density at radius 3 is 1.33 bits per heavy atom. The third-order valence-corrected chi connectivity index (χ3v) is 2.39. The van der Waals surface area contributed by atoms with Crippen LogP contribution in [0.15, 0.2) is 14.4 Å². The van der Waals surface area contributed by atoms with Crippen LogP contribution in [0.3, 0.4) is 0 Å². The molecule has 9 nitrogen and oxygen atoms in total. The standard InChI is InChI=1S/C3Cl3N3.C3H3N3O3/c4-1-2(5)7-9-8-3(1)6;7-1-4-2(8)6-3(9)5-1/h;(H3,4,5,6,7,8,9). The number of H-pyrrole nitrogens is 3. The monoisotopic (exact) mass is 312 g/mol. The average molecular weight is 313 g/mol. The van der Waals surface area contributed by atoms with Gasteiger partial charge in [-0.05, 0) is 5.21 Å². The van der Waals surface area contributed by atoms with Crippen molar-refractivity contribution in [2.75, 3.05) is 0 Å². The quantitative estimate of drug-likeness (QED) is 0.604. The van der Waals surface area contributed by atoms with E-state index < -0.39 is 17.1 Å². The summed E-state index contributed by atoms with van der Waals surface area (Å²) in [6.45, 7) is 0. The minimum atomic E-state index is -0.802. The first-order valence-corrected chi connectivity index (χ1v) is 5.16. The number of nitrogens with zero attached hydrogens (tertiary/aromatic N) is 3. The van der Waals surface area contributed by atoms with Crippen molar-refractivity contribution in [2.45, 2.75) is 0 Å². The van der Waals surface area contributed by atoms with Gasteiger partial charge in [0.25, 0.3) is 0 Å². The first-order chi connectivity index (χ1) is 8.40. The van der Waals surface area contributed by atoms with Crippen LogP contribution in [0.5, 0.6) is 0 Å². The number of rotatable bonds is 0. The van der Waals surface area contributed by atoms with Crippen LogP contribution in [0.1, 0.15) is 0 Å². The van der Waals surface area contributed by atoms with Gasteiger partial charge in [-0.25, -0.2) is 14.4 Å². The molecule has 0 atom stereocenters. The zero-order chi connectivity index (χ0) is 13.7. The number of aromatic amines is 3. The Morgan fingerprint density at radius 1 is 0.722 bits per heavy atom. The largest absolute Gasteiger partial charge is 0.330 e. The molecule has 18 heavy (non-hydrogen) atoms. The Labute approximate surface area is 112 Å². The molecule has 2 heterocycles. The lowest BCUT2D eigenvalue weighted by molar-refractivity contribution is 0.866. The van der Waals surface area contributed by atoms with E-state index in [9.17, 15) is 14.4 Å². The number of aromatic nitrogens is 6. The number of nitrogens with one attached hydrogen (secondary N) is 3. The third kappa shape index (κ3) is 4.28. The SMILES string of the molecule is Clc1nnnc(Cl)c1Cl.O=c1[nH]c(=O)[nH]c(=O)[nH]1. The van der Waals surface area contributed by atoms with Gasteiger partial charge in [-0.3, -0.25) is 15.0 Å². The predicted molar refractivity (Wildman–Crippen MR) is 63.2 cm³/mol. The van der Waals surface area contributed by atoms with Crippen LogP contribution in [0.2, 0.25) is 15.3 Å². The minimum Gasteiger partial charge on any atom is -0.259 e. The van der Waals surface area contributed by atoms with Crippen molar-refractivity contribution in [1.29, 1.82) is 0 Å². The lowest BCUT2D eigenvalue weighted by Crippen LogP contribution is -2.34. The second-order valence-corrected chi connectivity index (χ2v) is 3.64. The molecule has 2 rings (SSSR count). The van der Waals surface area contributed by atoms with Gasteiger partial charge in [0.15, 0.2) is 10.3 Å². The third-order valence-electron chi connectivity index (χ3n) is 1.31. The van der Waals surface area contributed by atoms with Crippen LogP contribution in [0.4, 0.5) is 0 Å². The lowest BCUT2D eigenvalue weighted by Gasteiger charge is -1.90. The first-order valence-electron chi connectivity index (χ1n) is 4.03. The van der Waals surface area contributed by atoms with E-state index in [1.54, 1.807) is 15.0 Å². The van der Waals surface area contributed by atoms with Crippen molar-refractivity contribution < 1.29 is 0 Å². The molecule has 0 fully saturated rings. The van der Waals surface area contributed by atoms with Gasteiger partial charge >= 0.3 is 17.1 Å². The van der Waals surface area contributed by atoms with Crippen LogP contribution in [-0.4, -0.2) is 30.4 Å². The van der Waals surface area contributed by atoms with Crippen LogP contribution < -0.4 is 17.1 Å². The molecule has 0 saturated carbocycles. The number of hydrogen-bond acceptors (Lipinski definition) is 6. The summed E-state index contributed by atoms with van der Waals surface area (Å²) in [4.78, 5) is 35.9. The molecule has 0 spiro atoms. The van der Waals surface area contributed by atoms with Crippen molar-refractivity contribution in [3.8, 4) is 0 Å². The maximum absolute atomic E-state index is 10.2. The Balaban J connectivity index is 0.000000180. The summed E-state index contributed by atoms with van der Waals surface area (Å²) in [5.41, 5.74) is -2.41. The molecular weight excluding hydrogens is 310 g/mol. The van der Waals surface area contributed by atoms with E-state index in [0.717, 1.165) is 0 Å². The van der Waals surface area contributed by atoms with Gasteiger partial charge in [-0.15, -0.1) is 10.2 Å². The van der Waals surface area contributed by atoms with Crippen molar-refractivity contribution in [3.05, 3.63) is 46.8 Å². The molecule has 2 aromatic rings. The zero-order valence-corrected chi connectivity index (χ0v) is 10.5. The van der Waals surface area contributed by atoms with Gasteiger partial charge in [0.1, 0.15) is 5.02 Å². The molecule has 0 aromatic carbocycles. The first kappa shape index (κ1) is 14.4. The topological polar surface area (TPSA) is 137 Å². The smallest absolute Gasteiger partial charge is 0.259 e. The fourth-order valence-corrected chi connectivity index (χ4v) is 1.05. The molecule has 2 aromatic heterocycles. The van der Waals surface area contributed by atoms with Gasteiger partial charge in [-0.2, -0.15) is 0 Å². The van der Waals surface area contributed by atoms with Crippen molar-refractivity contribution in [3.63, 3.8) is 0 Å². The Morgan fingerprint density at radius 2 is 1.06 bits per heavy atom. The average Bonchev–Trinajstić information content (AvgIpc) is 2.24. The Bertz CT molecular complexity index is 608. The molecule has 12 heteroatoms. The van der Waals surface area contributed by atoms with E-state index in [2.05, 4.69) is 15.4 Å². The molecule has 0 amide bonds. The Hall–Kier alpha value is -1.71. The van der Waals surface area contributed by atoms with Gasteiger partial charge in [0, 0.05) is 0 Å². The summed E-state index contributed by atoms with van der Waals surface area (Å²) in [6.07, 6.45) is 0. The molecule has 0 aliphatic carbocycles. The normalized spacial score (nSPS) is 9.50. The summed E-state index contributed by atoms with van der Waals surface area (Å²) in [7, 11) is 0. The molecule has 0 unspecified atom stereocenters. The number of halogens is 3. The van der Waals surface area contributed by atoms with E-state index in [1.165, 1.54) is 0 Å². The highest BCUT2D eigenvalue weighted by atomic mass is 35.5. The molecule has 0 aliphatic rings. The van der Waals surface area contributed by atoms with E-state index in [1.807, 2.05) is 0 Å². The number of hydrogen-bond donors (Lipinski definition) is 3. The van der Waals surface area contributed by atoms with Crippen molar-refractivity contribution in [1.82, 2.24) is 30.4 Å². The lowest BCUT2D eigenvalue weighted by atomic mass is 10.7.